The number of aliphatic hydroxyl groups excluding tert-OH is 1. The molecule has 0 saturated heterocycles. The van der Waals surface area contributed by atoms with Gasteiger partial charge in [-0.1, -0.05) is 18.2 Å². The van der Waals surface area contributed by atoms with Crippen LogP contribution in [-0.2, 0) is 19.5 Å². The summed E-state index contributed by atoms with van der Waals surface area (Å²) in [6.45, 7) is 5.99. The molecule has 2 N–H and O–H groups in total. The summed E-state index contributed by atoms with van der Waals surface area (Å²) in [5, 5.41) is 16.7. The van der Waals surface area contributed by atoms with E-state index in [1.165, 1.54) is 6.07 Å². The molecule has 2 aromatic rings. The molecule has 21 heavy (non-hydrogen) atoms. The summed E-state index contributed by atoms with van der Waals surface area (Å²) in [4.78, 5) is 0. The van der Waals surface area contributed by atoms with Crippen molar-refractivity contribution in [2.75, 3.05) is 13.2 Å². The van der Waals surface area contributed by atoms with E-state index in [2.05, 4.69) is 10.4 Å². The third-order valence-electron chi connectivity index (χ3n) is 3.67. The Bertz CT molecular complexity index is 595. The SMILES string of the molecule is Cc1nn(CCO)c(C)c1CNCCc1ccccc1F. The van der Waals surface area contributed by atoms with E-state index in [0.29, 0.717) is 26.1 Å². The molecular formula is C16H22FN3O. The highest BCUT2D eigenvalue weighted by molar-refractivity contribution is 5.24. The molecule has 5 heteroatoms. The van der Waals surface area contributed by atoms with Gasteiger partial charge < -0.3 is 10.4 Å². The first-order valence-electron chi connectivity index (χ1n) is 7.21. The zero-order valence-electron chi connectivity index (χ0n) is 12.6. The van der Waals surface area contributed by atoms with Crippen LogP contribution >= 0.6 is 0 Å². The zero-order chi connectivity index (χ0) is 15.2. The van der Waals surface area contributed by atoms with Gasteiger partial charge in [0, 0.05) is 17.8 Å². The average molecular weight is 291 g/mol. The lowest BCUT2D eigenvalue weighted by Gasteiger charge is -2.07. The van der Waals surface area contributed by atoms with E-state index < -0.39 is 0 Å². The topological polar surface area (TPSA) is 50.1 Å². The van der Waals surface area contributed by atoms with Crippen molar-refractivity contribution < 1.29 is 9.50 Å². The molecule has 114 valence electrons. The van der Waals surface area contributed by atoms with Crippen LogP contribution in [0.2, 0.25) is 0 Å². The molecule has 0 aliphatic rings. The average Bonchev–Trinajstić information content (AvgIpc) is 2.73. The van der Waals surface area contributed by atoms with Crippen molar-refractivity contribution in [2.24, 2.45) is 0 Å². The monoisotopic (exact) mass is 291 g/mol. The molecule has 0 spiro atoms. The summed E-state index contributed by atoms with van der Waals surface area (Å²) in [5.74, 6) is -0.151. The minimum Gasteiger partial charge on any atom is -0.394 e. The van der Waals surface area contributed by atoms with Crippen molar-refractivity contribution in [3.63, 3.8) is 0 Å². The van der Waals surface area contributed by atoms with Crippen LogP contribution < -0.4 is 5.32 Å². The molecule has 0 amide bonds. The molecule has 0 unspecified atom stereocenters. The summed E-state index contributed by atoms with van der Waals surface area (Å²) >= 11 is 0. The molecular weight excluding hydrogens is 269 g/mol. The largest absolute Gasteiger partial charge is 0.394 e. The standard InChI is InChI=1S/C16H22FN3O/c1-12-15(13(2)20(19-12)9-10-21)11-18-8-7-14-5-3-4-6-16(14)17/h3-6,18,21H,7-11H2,1-2H3. The molecule has 4 nitrogen and oxygen atoms in total. The minimum absolute atomic E-state index is 0.0854. The Hall–Kier alpha value is -1.72. The fourth-order valence-electron chi connectivity index (χ4n) is 2.44. The van der Waals surface area contributed by atoms with E-state index in [9.17, 15) is 4.39 Å². The Morgan fingerprint density at radius 1 is 1.29 bits per heavy atom. The first-order valence-corrected chi connectivity index (χ1v) is 7.21. The first-order chi connectivity index (χ1) is 10.1. The van der Waals surface area contributed by atoms with Gasteiger partial charge in [0.2, 0.25) is 0 Å². The van der Waals surface area contributed by atoms with Gasteiger partial charge in [0.25, 0.3) is 0 Å². The number of nitrogens with zero attached hydrogens (tertiary/aromatic N) is 2. The predicted octanol–water partition coefficient (Wildman–Crippen LogP) is 1.96. The summed E-state index contributed by atoms with van der Waals surface area (Å²) in [7, 11) is 0. The van der Waals surface area contributed by atoms with Gasteiger partial charge in [-0.3, -0.25) is 4.68 Å². The van der Waals surface area contributed by atoms with E-state index in [1.807, 2.05) is 30.7 Å². The Morgan fingerprint density at radius 3 is 2.76 bits per heavy atom. The van der Waals surface area contributed by atoms with Gasteiger partial charge in [-0.05, 0) is 38.4 Å². The third-order valence-corrected chi connectivity index (χ3v) is 3.67. The Morgan fingerprint density at radius 2 is 2.05 bits per heavy atom. The lowest BCUT2D eigenvalue weighted by molar-refractivity contribution is 0.267. The molecule has 1 aromatic heterocycles. The van der Waals surface area contributed by atoms with Crippen LogP contribution in [0.4, 0.5) is 4.39 Å². The maximum atomic E-state index is 13.5. The van der Waals surface area contributed by atoms with Gasteiger partial charge in [0.1, 0.15) is 5.82 Å². The molecule has 0 aliphatic heterocycles. The number of aromatic nitrogens is 2. The molecule has 0 atom stereocenters. The smallest absolute Gasteiger partial charge is 0.126 e. The number of halogens is 1. The molecule has 1 heterocycles. The minimum atomic E-state index is -0.151. The molecule has 0 bridgehead atoms. The lowest BCUT2D eigenvalue weighted by atomic mass is 10.1. The Labute approximate surface area is 124 Å². The first kappa shape index (κ1) is 15.7. The number of aryl methyl sites for hydroxylation is 1. The number of rotatable bonds is 7. The van der Waals surface area contributed by atoms with Crippen LogP contribution in [0, 0.1) is 19.7 Å². The summed E-state index contributed by atoms with van der Waals surface area (Å²) in [6, 6.07) is 6.86. The van der Waals surface area contributed by atoms with Gasteiger partial charge in [-0.15, -0.1) is 0 Å². The van der Waals surface area contributed by atoms with Crippen molar-refractivity contribution in [1.29, 1.82) is 0 Å². The highest BCUT2D eigenvalue weighted by atomic mass is 19.1. The Kier molecular flexibility index (Phi) is 5.47. The van der Waals surface area contributed by atoms with Crippen LogP contribution in [0.15, 0.2) is 24.3 Å². The normalized spacial score (nSPS) is 11.0. The van der Waals surface area contributed by atoms with E-state index in [-0.39, 0.29) is 12.4 Å². The fraction of sp³-hybridized carbons (Fsp3) is 0.438. The van der Waals surface area contributed by atoms with Crippen LogP contribution in [0.3, 0.4) is 0 Å². The zero-order valence-corrected chi connectivity index (χ0v) is 12.6. The molecule has 2 rings (SSSR count). The van der Waals surface area contributed by atoms with Gasteiger partial charge >= 0.3 is 0 Å². The van der Waals surface area contributed by atoms with E-state index in [1.54, 1.807) is 6.07 Å². The van der Waals surface area contributed by atoms with Crippen molar-refractivity contribution in [3.8, 4) is 0 Å². The maximum Gasteiger partial charge on any atom is 0.126 e. The molecule has 0 saturated carbocycles. The summed E-state index contributed by atoms with van der Waals surface area (Å²) < 4.78 is 15.3. The second kappa shape index (κ2) is 7.33. The summed E-state index contributed by atoms with van der Waals surface area (Å²) in [5.41, 5.74) is 3.92. The predicted molar refractivity (Wildman–Crippen MR) is 80.6 cm³/mol. The second-order valence-electron chi connectivity index (χ2n) is 5.11. The van der Waals surface area contributed by atoms with E-state index in [0.717, 1.165) is 22.5 Å². The highest BCUT2D eigenvalue weighted by Crippen LogP contribution is 2.13. The molecule has 0 aliphatic carbocycles. The number of hydrogen-bond acceptors (Lipinski definition) is 3. The van der Waals surface area contributed by atoms with Gasteiger partial charge in [0.05, 0.1) is 18.8 Å². The van der Waals surface area contributed by atoms with Crippen molar-refractivity contribution in [2.45, 2.75) is 33.4 Å². The number of aliphatic hydroxyl groups is 1. The van der Waals surface area contributed by atoms with Crippen LogP contribution in [-0.4, -0.2) is 28.0 Å². The Balaban J connectivity index is 1.88. The van der Waals surface area contributed by atoms with Crippen molar-refractivity contribution in [1.82, 2.24) is 15.1 Å². The van der Waals surface area contributed by atoms with Crippen LogP contribution in [0.5, 0.6) is 0 Å². The second-order valence-corrected chi connectivity index (χ2v) is 5.11. The molecule has 0 radical (unpaired) electrons. The number of nitrogens with one attached hydrogen (secondary N) is 1. The third kappa shape index (κ3) is 3.89. The quantitative estimate of drug-likeness (QED) is 0.767. The van der Waals surface area contributed by atoms with Gasteiger partial charge in [-0.2, -0.15) is 5.10 Å². The lowest BCUT2D eigenvalue weighted by Crippen LogP contribution is -2.18. The maximum absolute atomic E-state index is 13.5. The molecule has 1 aromatic carbocycles. The van der Waals surface area contributed by atoms with E-state index in [4.69, 9.17) is 5.11 Å². The van der Waals surface area contributed by atoms with Crippen molar-refractivity contribution in [3.05, 3.63) is 52.6 Å². The summed E-state index contributed by atoms with van der Waals surface area (Å²) in [6.07, 6.45) is 0.662. The van der Waals surface area contributed by atoms with E-state index >= 15 is 0 Å². The van der Waals surface area contributed by atoms with Crippen molar-refractivity contribution >= 4 is 0 Å². The van der Waals surface area contributed by atoms with Crippen LogP contribution in [0.25, 0.3) is 0 Å². The van der Waals surface area contributed by atoms with Gasteiger partial charge in [-0.25, -0.2) is 4.39 Å². The molecule has 0 fully saturated rings. The number of hydrogen-bond donors (Lipinski definition) is 2. The van der Waals surface area contributed by atoms with Gasteiger partial charge in [0.15, 0.2) is 0 Å². The fourth-order valence-corrected chi connectivity index (χ4v) is 2.44. The van der Waals surface area contributed by atoms with Crippen LogP contribution in [0.1, 0.15) is 22.5 Å². The highest BCUT2D eigenvalue weighted by Gasteiger charge is 2.10. The number of benzene rings is 1.